The molecule has 10 heteroatoms. The maximum atomic E-state index is 12.6. The lowest BCUT2D eigenvalue weighted by molar-refractivity contribution is -0.145. The van der Waals surface area contributed by atoms with Gasteiger partial charge >= 0.3 is 5.69 Å². The van der Waals surface area contributed by atoms with Gasteiger partial charge in [-0.05, 0) is 45.6 Å². The van der Waals surface area contributed by atoms with Crippen LogP contribution in [0.25, 0.3) is 0 Å². The molecule has 164 valence electrons. The summed E-state index contributed by atoms with van der Waals surface area (Å²) in [5, 5.41) is 21.5. The van der Waals surface area contributed by atoms with Crippen molar-refractivity contribution in [3.8, 4) is 0 Å². The number of amides is 1. The molecule has 1 aromatic rings. The van der Waals surface area contributed by atoms with Crippen molar-refractivity contribution in [2.24, 2.45) is 11.5 Å². The van der Waals surface area contributed by atoms with E-state index in [4.69, 9.17) is 11.5 Å². The Kier molecular flexibility index (Phi) is 7.75. The number of likely N-dealkylation sites (N-methyl/N-ethyl adjacent to an activating group) is 1. The number of aromatic nitrogens is 2. The second-order valence-electron chi connectivity index (χ2n) is 8.09. The van der Waals surface area contributed by atoms with E-state index in [0.717, 1.165) is 12.8 Å². The first-order valence-electron chi connectivity index (χ1n) is 10.0. The number of hydrogen-bond acceptors (Lipinski definition) is 7. The van der Waals surface area contributed by atoms with E-state index in [-0.39, 0.29) is 31.3 Å². The Morgan fingerprint density at radius 3 is 2.76 bits per heavy atom. The molecule has 0 bridgehead atoms. The summed E-state index contributed by atoms with van der Waals surface area (Å²) in [7, 11) is 1.66. The fraction of sp³-hybridized carbons (Fsp3) is 0.737. The molecular weight excluding hydrogens is 378 g/mol. The van der Waals surface area contributed by atoms with Crippen LogP contribution in [0.2, 0.25) is 0 Å². The first-order chi connectivity index (χ1) is 13.6. The molecule has 0 spiro atoms. The molecule has 10 nitrogen and oxygen atoms in total. The second-order valence-corrected chi connectivity index (χ2v) is 8.09. The van der Waals surface area contributed by atoms with Gasteiger partial charge in [-0.25, -0.2) is 4.79 Å². The van der Waals surface area contributed by atoms with Crippen LogP contribution in [0.15, 0.2) is 15.8 Å². The SMILES string of the molecule is Cc1cn(C[C@@]2(O)CC[C@@H](N(C)C(=O)[C@@H](N)CCCCN)C[C@@H]2O)c(=O)[nH]c1=O. The molecule has 7 N–H and O–H groups in total. The topological polar surface area (TPSA) is 168 Å². The quantitative estimate of drug-likeness (QED) is 0.321. The van der Waals surface area contributed by atoms with Gasteiger partial charge in [-0.3, -0.25) is 19.1 Å². The number of carbonyl (C=O) groups excluding carboxylic acids is 1. The van der Waals surface area contributed by atoms with Crippen LogP contribution in [0.3, 0.4) is 0 Å². The lowest BCUT2D eigenvalue weighted by Crippen LogP contribution is -2.57. The van der Waals surface area contributed by atoms with Crippen LogP contribution in [0.5, 0.6) is 0 Å². The predicted octanol–water partition coefficient (Wildman–Crippen LogP) is -1.60. The normalized spacial score (nSPS) is 25.6. The lowest BCUT2D eigenvalue weighted by Gasteiger charge is -2.43. The summed E-state index contributed by atoms with van der Waals surface area (Å²) < 4.78 is 1.20. The fourth-order valence-corrected chi connectivity index (χ4v) is 3.82. The molecule has 29 heavy (non-hydrogen) atoms. The van der Waals surface area contributed by atoms with Crippen molar-refractivity contribution in [2.75, 3.05) is 13.6 Å². The number of rotatable bonds is 8. The zero-order valence-electron chi connectivity index (χ0n) is 17.1. The highest BCUT2D eigenvalue weighted by Crippen LogP contribution is 2.32. The molecule has 1 aliphatic rings. The van der Waals surface area contributed by atoms with E-state index in [0.29, 0.717) is 24.9 Å². The maximum absolute atomic E-state index is 12.6. The highest BCUT2D eigenvalue weighted by Gasteiger charge is 2.43. The van der Waals surface area contributed by atoms with E-state index in [2.05, 4.69) is 4.98 Å². The monoisotopic (exact) mass is 411 g/mol. The van der Waals surface area contributed by atoms with Crippen molar-refractivity contribution in [1.82, 2.24) is 14.5 Å². The summed E-state index contributed by atoms with van der Waals surface area (Å²) in [4.78, 5) is 39.8. The third kappa shape index (κ3) is 5.53. The fourth-order valence-electron chi connectivity index (χ4n) is 3.82. The summed E-state index contributed by atoms with van der Waals surface area (Å²) in [6.07, 6.45) is 3.20. The molecule has 0 saturated heterocycles. The first-order valence-corrected chi connectivity index (χ1v) is 10.0. The Balaban J connectivity index is 2.02. The first kappa shape index (κ1) is 23.3. The number of carbonyl (C=O) groups is 1. The second kappa shape index (κ2) is 9.66. The van der Waals surface area contributed by atoms with Crippen molar-refractivity contribution in [3.63, 3.8) is 0 Å². The highest BCUT2D eigenvalue weighted by molar-refractivity contribution is 5.81. The van der Waals surface area contributed by atoms with E-state index >= 15 is 0 Å². The van der Waals surface area contributed by atoms with Gasteiger partial charge in [-0.1, -0.05) is 6.42 Å². The van der Waals surface area contributed by atoms with Crippen LogP contribution < -0.4 is 22.7 Å². The molecule has 1 aliphatic carbocycles. The van der Waals surface area contributed by atoms with Crippen LogP contribution in [0.1, 0.15) is 44.1 Å². The van der Waals surface area contributed by atoms with Crippen molar-refractivity contribution in [2.45, 2.75) is 75.8 Å². The Morgan fingerprint density at radius 2 is 2.14 bits per heavy atom. The summed E-state index contributed by atoms with van der Waals surface area (Å²) in [5.41, 5.74) is 9.14. The average Bonchev–Trinajstić information content (AvgIpc) is 2.67. The number of aromatic amines is 1. The number of H-pyrrole nitrogens is 1. The van der Waals surface area contributed by atoms with Crippen LogP contribution >= 0.6 is 0 Å². The van der Waals surface area contributed by atoms with Crippen molar-refractivity contribution >= 4 is 5.91 Å². The number of nitrogens with two attached hydrogens (primary N) is 2. The lowest BCUT2D eigenvalue weighted by atomic mass is 9.79. The number of nitrogens with zero attached hydrogens (tertiary/aromatic N) is 2. The van der Waals surface area contributed by atoms with Gasteiger partial charge in [0, 0.05) is 24.8 Å². The molecule has 0 unspecified atom stereocenters. The van der Waals surface area contributed by atoms with Gasteiger partial charge in [0.2, 0.25) is 5.91 Å². The number of aliphatic hydroxyl groups is 2. The largest absolute Gasteiger partial charge is 0.390 e. The Bertz CT molecular complexity index is 822. The number of hydrogen-bond donors (Lipinski definition) is 5. The molecule has 1 heterocycles. The van der Waals surface area contributed by atoms with Gasteiger partial charge in [0.1, 0.15) is 5.60 Å². The minimum Gasteiger partial charge on any atom is -0.390 e. The van der Waals surface area contributed by atoms with E-state index in [1.165, 1.54) is 10.8 Å². The Morgan fingerprint density at radius 1 is 1.45 bits per heavy atom. The number of unbranched alkanes of at least 4 members (excludes halogenated alkanes) is 1. The standard InChI is InChI=1S/C19H33N5O5/c1-12-10-24(18(28)22-16(12)26)11-19(29)7-6-13(9-15(19)25)23(2)17(27)14(21)5-3-4-8-20/h10,13-15,25,29H,3-9,11,20-21H2,1-2H3,(H,22,26,28)/t13-,14+,15+,19+/m1/s1. The number of aryl methyl sites for hydroxylation is 1. The van der Waals surface area contributed by atoms with Gasteiger partial charge in [0.25, 0.3) is 5.56 Å². The molecule has 0 aromatic carbocycles. The summed E-state index contributed by atoms with van der Waals surface area (Å²) in [5.74, 6) is -0.197. The van der Waals surface area contributed by atoms with E-state index in [1.54, 1.807) is 18.9 Å². The molecule has 1 aromatic heterocycles. The third-order valence-electron chi connectivity index (χ3n) is 5.84. The molecular formula is C19H33N5O5. The van der Waals surface area contributed by atoms with E-state index in [1.807, 2.05) is 0 Å². The highest BCUT2D eigenvalue weighted by atomic mass is 16.3. The average molecular weight is 412 g/mol. The smallest absolute Gasteiger partial charge is 0.328 e. The van der Waals surface area contributed by atoms with Crippen LogP contribution in [-0.4, -0.2) is 68.0 Å². The third-order valence-corrected chi connectivity index (χ3v) is 5.84. The van der Waals surface area contributed by atoms with Gasteiger partial charge < -0.3 is 26.6 Å². The predicted molar refractivity (Wildman–Crippen MR) is 108 cm³/mol. The van der Waals surface area contributed by atoms with Gasteiger partial charge in [-0.2, -0.15) is 0 Å². The van der Waals surface area contributed by atoms with Gasteiger partial charge in [0.05, 0.1) is 18.7 Å². The zero-order valence-corrected chi connectivity index (χ0v) is 17.1. The minimum absolute atomic E-state index is 0.145. The Hall–Kier alpha value is -2.01. The van der Waals surface area contributed by atoms with Gasteiger partial charge in [0.15, 0.2) is 0 Å². The molecule has 0 radical (unpaired) electrons. The Labute approximate surface area is 169 Å². The molecule has 1 fully saturated rings. The molecule has 4 atom stereocenters. The van der Waals surface area contributed by atoms with Crippen LogP contribution in [-0.2, 0) is 11.3 Å². The van der Waals surface area contributed by atoms with E-state index in [9.17, 15) is 24.6 Å². The molecule has 0 aliphatic heterocycles. The van der Waals surface area contributed by atoms with Crippen LogP contribution in [0.4, 0.5) is 0 Å². The molecule has 1 amide bonds. The minimum atomic E-state index is -1.53. The molecule has 1 saturated carbocycles. The van der Waals surface area contributed by atoms with E-state index < -0.39 is 29.0 Å². The molecule has 2 rings (SSSR count). The summed E-state index contributed by atoms with van der Waals surface area (Å²) in [6, 6.07) is -0.875. The van der Waals surface area contributed by atoms with Crippen LogP contribution in [0, 0.1) is 6.92 Å². The number of nitrogens with one attached hydrogen (secondary N) is 1. The zero-order chi connectivity index (χ0) is 21.8. The van der Waals surface area contributed by atoms with Crippen molar-refractivity contribution in [3.05, 3.63) is 32.6 Å². The van der Waals surface area contributed by atoms with Gasteiger partial charge in [-0.15, -0.1) is 0 Å². The summed E-state index contributed by atoms with van der Waals surface area (Å²) >= 11 is 0. The maximum Gasteiger partial charge on any atom is 0.328 e. The van der Waals surface area contributed by atoms with Crippen molar-refractivity contribution < 1.29 is 15.0 Å². The summed E-state index contributed by atoms with van der Waals surface area (Å²) in [6.45, 7) is 1.97. The number of aliphatic hydroxyl groups excluding tert-OH is 1. The van der Waals surface area contributed by atoms with Crippen molar-refractivity contribution in [1.29, 1.82) is 0 Å².